The van der Waals surface area contributed by atoms with Crippen LogP contribution in [0.15, 0.2) is 48.5 Å². The molecule has 3 aromatic rings. The number of fused-ring (bicyclic) bond motifs is 1. The topological polar surface area (TPSA) is 66.9 Å². The summed E-state index contributed by atoms with van der Waals surface area (Å²) in [6.07, 6.45) is -8.58. The van der Waals surface area contributed by atoms with E-state index >= 15 is 0 Å². The molecule has 0 spiro atoms. The second-order valence-corrected chi connectivity index (χ2v) is 9.07. The molecular weight excluding hydrogens is 474 g/mol. The fraction of sp³-hybridized carbons (Fsp3) is 0.292. The lowest BCUT2D eigenvalue weighted by Crippen LogP contribution is -2.29. The van der Waals surface area contributed by atoms with Crippen LogP contribution >= 0.6 is 0 Å². The van der Waals surface area contributed by atoms with E-state index in [1.165, 1.54) is 24.3 Å². The van der Waals surface area contributed by atoms with Gasteiger partial charge < -0.3 is 10.6 Å². The van der Waals surface area contributed by atoms with Gasteiger partial charge in [-0.15, -0.1) is 0 Å². The number of ketones is 1. The SMILES string of the molecule is CC1(C)CC(=O)c2c(nc(Nc3cccc(C(F)(F)F)c3)nc2Nc2cccc(C(F)(F)F)c2)C1. The lowest BCUT2D eigenvalue weighted by Gasteiger charge is -2.30. The van der Waals surface area contributed by atoms with E-state index < -0.39 is 28.9 Å². The summed E-state index contributed by atoms with van der Waals surface area (Å²) in [5.74, 6) is -0.399. The minimum absolute atomic E-state index is 0.0238. The van der Waals surface area contributed by atoms with Gasteiger partial charge in [0.15, 0.2) is 5.78 Å². The molecule has 4 rings (SSSR count). The highest BCUT2D eigenvalue weighted by molar-refractivity contribution is 6.03. The number of halogens is 6. The molecule has 0 saturated heterocycles. The average molecular weight is 494 g/mol. The summed E-state index contributed by atoms with van der Waals surface area (Å²) in [7, 11) is 0. The van der Waals surface area contributed by atoms with E-state index in [0.29, 0.717) is 12.1 Å². The molecular formula is C24H20F6N4O. The number of carbonyl (C=O) groups is 1. The Bertz CT molecular complexity index is 1280. The van der Waals surface area contributed by atoms with Crippen molar-refractivity contribution in [2.45, 2.75) is 39.0 Å². The van der Waals surface area contributed by atoms with Crippen LogP contribution in [0.25, 0.3) is 0 Å². The zero-order chi connectivity index (χ0) is 25.6. The number of aromatic nitrogens is 2. The van der Waals surface area contributed by atoms with Gasteiger partial charge in [-0.1, -0.05) is 26.0 Å². The van der Waals surface area contributed by atoms with Crippen LogP contribution in [0.3, 0.4) is 0 Å². The first kappa shape index (κ1) is 24.5. The highest BCUT2D eigenvalue weighted by Gasteiger charge is 2.36. The summed E-state index contributed by atoms with van der Waals surface area (Å²) in [6.45, 7) is 3.74. The van der Waals surface area contributed by atoms with Crippen molar-refractivity contribution in [3.8, 4) is 0 Å². The van der Waals surface area contributed by atoms with Crippen LogP contribution in [0.1, 0.15) is 47.4 Å². The van der Waals surface area contributed by atoms with Gasteiger partial charge in [0.2, 0.25) is 5.95 Å². The Morgan fingerprint density at radius 2 is 1.34 bits per heavy atom. The molecule has 0 saturated carbocycles. The van der Waals surface area contributed by atoms with Crippen LogP contribution in [0.4, 0.5) is 49.5 Å². The van der Waals surface area contributed by atoms with Crippen LogP contribution in [-0.4, -0.2) is 15.8 Å². The predicted molar refractivity (Wildman–Crippen MR) is 118 cm³/mol. The van der Waals surface area contributed by atoms with Gasteiger partial charge >= 0.3 is 12.4 Å². The molecule has 5 nitrogen and oxygen atoms in total. The van der Waals surface area contributed by atoms with Crippen LogP contribution in [-0.2, 0) is 18.8 Å². The fourth-order valence-corrected chi connectivity index (χ4v) is 3.93. The van der Waals surface area contributed by atoms with Crippen molar-refractivity contribution in [3.05, 3.63) is 70.9 Å². The number of anilines is 4. The molecule has 1 aromatic heterocycles. The Kier molecular flexibility index (Phi) is 5.98. The van der Waals surface area contributed by atoms with Gasteiger partial charge in [-0.25, -0.2) is 4.98 Å². The normalized spacial score (nSPS) is 15.5. The number of hydrogen-bond donors (Lipinski definition) is 2. The third-order valence-corrected chi connectivity index (χ3v) is 5.45. The lowest BCUT2D eigenvalue weighted by atomic mass is 9.75. The first-order valence-electron chi connectivity index (χ1n) is 10.5. The highest BCUT2D eigenvalue weighted by Crippen LogP contribution is 2.39. The number of nitrogens with zero attached hydrogens (tertiary/aromatic N) is 2. The summed E-state index contributed by atoms with van der Waals surface area (Å²) >= 11 is 0. The molecule has 1 aliphatic rings. The van der Waals surface area contributed by atoms with E-state index in [9.17, 15) is 31.1 Å². The monoisotopic (exact) mass is 494 g/mol. The Labute approximate surface area is 196 Å². The number of alkyl halides is 6. The fourth-order valence-electron chi connectivity index (χ4n) is 3.93. The molecule has 2 N–H and O–H groups in total. The summed E-state index contributed by atoms with van der Waals surface area (Å²) in [4.78, 5) is 21.5. The minimum Gasteiger partial charge on any atom is -0.339 e. The number of hydrogen-bond acceptors (Lipinski definition) is 5. The zero-order valence-electron chi connectivity index (χ0n) is 18.6. The Balaban J connectivity index is 1.76. The predicted octanol–water partition coefficient (Wildman–Crippen LogP) is 7.16. The van der Waals surface area contributed by atoms with Crippen molar-refractivity contribution in [1.82, 2.24) is 9.97 Å². The van der Waals surface area contributed by atoms with Crippen LogP contribution in [0.2, 0.25) is 0 Å². The highest BCUT2D eigenvalue weighted by atomic mass is 19.4. The van der Waals surface area contributed by atoms with Crippen LogP contribution in [0, 0.1) is 5.41 Å². The molecule has 1 heterocycles. The first-order valence-corrected chi connectivity index (χ1v) is 10.5. The van der Waals surface area contributed by atoms with Crippen LogP contribution < -0.4 is 10.6 Å². The summed E-state index contributed by atoms with van der Waals surface area (Å²) in [5.41, 5.74) is -1.59. The van der Waals surface area contributed by atoms with Crippen molar-refractivity contribution in [1.29, 1.82) is 0 Å². The van der Waals surface area contributed by atoms with Gasteiger partial charge in [0.1, 0.15) is 5.82 Å². The lowest BCUT2D eigenvalue weighted by molar-refractivity contribution is -0.138. The van der Waals surface area contributed by atoms with Gasteiger partial charge in [-0.3, -0.25) is 4.79 Å². The largest absolute Gasteiger partial charge is 0.416 e. The maximum absolute atomic E-state index is 13.2. The standard InChI is InChI=1S/C24H20F6N4O/c1-22(2)11-17-19(18(35)12-22)20(31-15-7-3-5-13(9-15)23(25,26)27)34-21(33-17)32-16-8-4-6-14(10-16)24(28,29)30/h3-10H,11-12H2,1-2H3,(H2,31,32,33,34). The minimum atomic E-state index is -4.57. The van der Waals surface area contributed by atoms with E-state index in [1.807, 2.05) is 13.8 Å². The first-order chi connectivity index (χ1) is 16.2. The summed E-state index contributed by atoms with van der Waals surface area (Å²) in [5, 5.41) is 5.49. The van der Waals surface area contributed by atoms with Crippen molar-refractivity contribution in [2.24, 2.45) is 5.41 Å². The van der Waals surface area contributed by atoms with E-state index in [2.05, 4.69) is 20.6 Å². The molecule has 0 unspecified atom stereocenters. The Morgan fingerprint density at radius 3 is 1.89 bits per heavy atom. The average Bonchev–Trinajstić information content (AvgIpc) is 2.71. The molecule has 2 aromatic carbocycles. The molecule has 0 radical (unpaired) electrons. The summed E-state index contributed by atoms with van der Waals surface area (Å²) < 4.78 is 78.7. The number of nitrogens with one attached hydrogen (secondary N) is 2. The molecule has 0 bridgehead atoms. The molecule has 184 valence electrons. The van der Waals surface area contributed by atoms with Crippen molar-refractivity contribution in [3.63, 3.8) is 0 Å². The summed E-state index contributed by atoms with van der Waals surface area (Å²) in [6, 6.07) is 8.82. The number of benzene rings is 2. The number of carbonyl (C=O) groups excluding carboxylic acids is 1. The maximum Gasteiger partial charge on any atom is 0.416 e. The van der Waals surface area contributed by atoms with Gasteiger partial charge in [-0.05, 0) is 48.2 Å². The number of Topliss-reactive ketones (excluding diaryl/α,β-unsaturated/α-hetero) is 1. The Morgan fingerprint density at radius 1 is 0.800 bits per heavy atom. The van der Waals surface area contributed by atoms with Gasteiger partial charge in [0, 0.05) is 17.8 Å². The van der Waals surface area contributed by atoms with Crippen molar-refractivity contribution in [2.75, 3.05) is 10.6 Å². The van der Waals surface area contributed by atoms with E-state index in [4.69, 9.17) is 0 Å². The number of rotatable bonds is 4. The second kappa shape index (κ2) is 8.54. The molecule has 1 aliphatic carbocycles. The van der Waals surface area contributed by atoms with E-state index in [0.717, 1.165) is 24.3 Å². The van der Waals surface area contributed by atoms with E-state index in [1.54, 1.807) is 0 Å². The smallest absolute Gasteiger partial charge is 0.339 e. The van der Waals surface area contributed by atoms with Crippen molar-refractivity contribution < 1.29 is 31.1 Å². The molecule has 35 heavy (non-hydrogen) atoms. The zero-order valence-corrected chi connectivity index (χ0v) is 18.6. The molecule has 0 aliphatic heterocycles. The molecule has 11 heteroatoms. The van der Waals surface area contributed by atoms with Gasteiger partial charge in [-0.2, -0.15) is 31.3 Å². The molecule has 0 fully saturated rings. The van der Waals surface area contributed by atoms with E-state index in [-0.39, 0.29) is 40.9 Å². The maximum atomic E-state index is 13.2. The molecule has 0 amide bonds. The third kappa shape index (κ3) is 5.55. The van der Waals surface area contributed by atoms with Gasteiger partial charge in [0.25, 0.3) is 0 Å². The van der Waals surface area contributed by atoms with Crippen LogP contribution in [0.5, 0.6) is 0 Å². The molecule has 0 atom stereocenters. The van der Waals surface area contributed by atoms with Gasteiger partial charge in [0.05, 0.1) is 22.4 Å². The second-order valence-electron chi connectivity index (χ2n) is 9.07. The quantitative estimate of drug-likeness (QED) is 0.377. The Hall–Kier alpha value is -3.63. The van der Waals surface area contributed by atoms with Crippen molar-refractivity contribution >= 4 is 28.9 Å². The third-order valence-electron chi connectivity index (χ3n) is 5.45.